The van der Waals surface area contributed by atoms with Crippen molar-refractivity contribution in [3.8, 4) is 11.1 Å². The third-order valence-corrected chi connectivity index (χ3v) is 3.61. The van der Waals surface area contributed by atoms with E-state index in [1.807, 2.05) is 0 Å². The summed E-state index contributed by atoms with van der Waals surface area (Å²) in [6.07, 6.45) is 0. The molecule has 0 amide bonds. The zero-order valence-corrected chi connectivity index (χ0v) is 10.8. The van der Waals surface area contributed by atoms with Crippen molar-refractivity contribution in [1.82, 2.24) is 0 Å². The van der Waals surface area contributed by atoms with Crippen molar-refractivity contribution in [1.29, 1.82) is 0 Å². The molecule has 0 heterocycles. The molecule has 0 fully saturated rings. The van der Waals surface area contributed by atoms with Gasteiger partial charge in [0, 0.05) is 0 Å². The lowest BCUT2D eigenvalue weighted by Crippen LogP contribution is -1.88. The molecule has 0 spiro atoms. The molecule has 0 radical (unpaired) electrons. The van der Waals surface area contributed by atoms with Crippen LogP contribution >= 0.6 is 0 Å². The summed E-state index contributed by atoms with van der Waals surface area (Å²) in [5.74, 6) is 0. The highest BCUT2D eigenvalue weighted by atomic mass is 14.1. The van der Waals surface area contributed by atoms with Crippen molar-refractivity contribution in [3.05, 3.63) is 71.8 Å². The summed E-state index contributed by atoms with van der Waals surface area (Å²) in [5.41, 5.74) is 5.34. The third kappa shape index (κ3) is 1.70. The Bertz CT molecular complexity index is 694. The lowest BCUT2D eigenvalue weighted by Gasteiger charge is -2.12. The van der Waals surface area contributed by atoms with E-state index in [0.29, 0.717) is 0 Å². The van der Waals surface area contributed by atoms with Crippen molar-refractivity contribution in [3.63, 3.8) is 0 Å². The summed E-state index contributed by atoms with van der Waals surface area (Å²) in [7, 11) is 0. The summed E-state index contributed by atoms with van der Waals surface area (Å²) in [4.78, 5) is 0. The fraction of sp³-hybridized carbons (Fsp3) is 0.111. The van der Waals surface area contributed by atoms with Gasteiger partial charge in [0.25, 0.3) is 0 Å². The van der Waals surface area contributed by atoms with Crippen molar-refractivity contribution in [2.24, 2.45) is 0 Å². The highest BCUT2D eigenvalue weighted by Crippen LogP contribution is 2.31. The van der Waals surface area contributed by atoms with Gasteiger partial charge < -0.3 is 0 Å². The second-order valence-electron chi connectivity index (χ2n) is 4.78. The second kappa shape index (κ2) is 4.30. The normalized spacial score (nSPS) is 10.8. The van der Waals surface area contributed by atoms with E-state index in [0.717, 1.165) is 0 Å². The van der Waals surface area contributed by atoms with Gasteiger partial charge in [0.05, 0.1) is 0 Å². The van der Waals surface area contributed by atoms with E-state index in [1.54, 1.807) is 0 Å². The quantitative estimate of drug-likeness (QED) is 0.546. The van der Waals surface area contributed by atoms with Gasteiger partial charge in [-0.3, -0.25) is 0 Å². The molecule has 0 unspecified atom stereocenters. The fourth-order valence-electron chi connectivity index (χ4n) is 2.62. The zero-order chi connectivity index (χ0) is 12.5. The van der Waals surface area contributed by atoms with Crippen LogP contribution in [0.3, 0.4) is 0 Å². The van der Waals surface area contributed by atoms with E-state index in [2.05, 4.69) is 74.5 Å². The molecule has 0 bridgehead atoms. The molecule has 0 aliphatic rings. The van der Waals surface area contributed by atoms with E-state index in [4.69, 9.17) is 0 Å². The molecular formula is C18H16. The molecule has 18 heavy (non-hydrogen) atoms. The van der Waals surface area contributed by atoms with Gasteiger partial charge in [-0.15, -0.1) is 0 Å². The van der Waals surface area contributed by atoms with Crippen LogP contribution in [0.5, 0.6) is 0 Å². The largest absolute Gasteiger partial charge is 0.0622 e. The average molecular weight is 232 g/mol. The Hall–Kier alpha value is -2.08. The molecule has 0 N–H and O–H groups in total. The van der Waals surface area contributed by atoms with Gasteiger partial charge in [0.2, 0.25) is 0 Å². The Kier molecular flexibility index (Phi) is 2.64. The third-order valence-electron chi connectivity index (χ3n) is 3.61. The predicted octanol–water partition coefficient (Wildman–Crippen LogP) is 5.12. The highest BCUT2D eigenvalue weighted by molar-refractivity contribution is 5.94. The lowest BCUT2D eigenvalue weighted by atomic mass is 9.92. The monoisotopic (exact) mass is 232 g/mol. The van der Waals surface area contributed by atoms with Crippen molar-refractivity contribution < 1.29 is 0 Å². The Morgan fingerprint density at radius 3 is 2.00 bits per heavy atom. The maximum absolute atomic E-state index is 2.30. The standard InChI is InChI=1S/C18H16/c1-13-12-18(15-8-4-3-5-9-15)14(2)17-11-7-6-10-16(13)17/h3-12H,1-2H3. The topological polar surface area (TPSA) is 0 Å². The van der Waals surface area contributed by atoms with Gasteiger partial charge in [-0.1, -0.05) is 60.7 Å². The first-order valence-electron chi connectivity index (χ1n) is 6.32. The molecule has 0 saturated carbocycles. The minimum atomic E-state index is 1.30. The summed E-state index contributed by atoms with van der Waals surface area (Å²) in [6, 6.07) is 21.5. The maximum Gasteiger partial charge on any atom is -0.0146 e. The molecular weight excluding hydrogens is 216 g/mol. The van der Waals surface area contributed by atoms with Gasteiger partial charge >= 0.3 is 0 Å². The van der Waals surface area contributed by atoms with Crippen LogP contribution in [0.1, 0.15) is 11.1 Å². The summed E-state index contributed by atoms with van der Waals surface area (Å²) >= 11 is 0. The number of hydrogen-bond donors (Lipinski definition) is 0. The average Bonchev–Trinajstić information content (AvgIpc) is 2.44. The number of fused-ring (bicyclic) bond motifs is 1. The zero-order valence-electron chi connectivity index (χ0n) is 10.8. The van der Waals surface area contributed by atoms with Crippen LogP contribution in [0.2, 0.25) is 0 Å². The Morgan fingerprint density at radius 1 is 0.667 bits per heavy atom. The molecule has 88 valence electrons. The maximum atomic E-state index is 2.30. The van der Waals surface area contributed by atoms with Gasteiger partial charge in [0.1, 0.15) is 0 Å². The molecule has 3 aromatic carbocycles. The van der Waals surface area contributed by atoms with E-state index in [1.165, 1.54) is 33.0 Å². The molecule has 0 saturated heterocycles. The lowest BCUT2D eigenvalue weighted by molar-refractivity contribution is 1.45. The minimum Gasteiger partial charge on any atom is -0.0622 e. The Balaban J connectivity index is 2.35. The van der Waals surface area contributed by atoms with E-state index < -0.39 is 0 Å². The van der Waals surface area contributed by atoms with Gasteiger partial charge in [-0.25, -0.2) is 0 Å². The minimum absolute atomic E-state index is 1.30. The van der Waals surface area contributed by atoms with Crippen LogP contribution in [-0.4, -0.2) is 0 Å². The van der Waals surface area contributed by atoms with E-state index >= 15 is 0 Å². The van der Waals surface area contributed by atoms with Crippen LogP contribution in [-0.2, 0) is 0 Å². The van der Waals surface area contributed by atoms with Crippen LogP contribution in [0.15, 0.2) is 60.7 Å². The molecule has 0 heteroatoms. The number of rotatable bonds is 1. The Morgan fingerprint density at radius 2 is 1.28 bits per heavy atom. The summed E-state index contributed by atoms with van der Waals surface area (Å²) < 4.78 is 0. The number of hydrogen-bond acceptors (Lipinski definition) is 0. The first-order valence-corrected chi connectivity index (χ1v) is 6.32. The van der Waals surface area contributed by atoms with Crippen molar-refractivity contribution in [2.45, 2.75) is 13.8 Å². The van der Waals surface area contributed by atoms with Crippen LogP contribution in [0, 0.1) is 13.8 Å². The van der Waals surface area contributed by atoms with Crippen molar-refractivity contribution >= 4 is 10.8 Å². The molecule has 3 rings (SSSR count). The van der Waals surface area contributed by atoms with Crippen LogP contribution in [0.25, 0.3) is 21.9 Å². The van der Waals surface area contributed by atoms with E-state index in [-0.39, 0.29) is 0 Å². The van der Waals surface area contributed by atoms with Crippen LogP contribution < -0.4 is 0 Å². The van der Waals surface area contributed by atoms with Crippen LogP contribution in [0.4, 0.5) is 0 Å². The summed E-state index contributed by atoms with van der Waals surface area (Å²) in [6.45, 7) is 4.40. The number of aryl methyl sites for hydroxylation is 2. The van der Waals surface area contributed by atoms with Gasteiger partial charge in [-0.05, 0) is 46.9 Å². The summed E-state index contributed by atoms with van der Waals surface area (Å²) in [5, 5.41) is 2.71. The first-order chi connectivity index (χ1) is 8.77. The smallest absolute Gasteiger partial charge is 0.0146 e. The molecule has 0 aliphatic heterocycles. The van der Waals surface area contributed by atoms with E-state index in [9.17, 15) is 0 Å². The Labute approximate surface area is 108 Å². The molecule has 0 nitrogen and oxygen atoms in total. The molecule has 0 atom stereocenters. The predicted molar refractivity (Wildman–Crippen MR) is 78.9 cm³/mol. The molecule has 0 aliphatic carbocycles. The highest BCUT2D eigenvalue weighted by Gasteiger charge is 2.07. The van der Waals surface area contributed by atoms with Crippen molar-refractivity contribution in [2.75, 3.05) is 0 Å². The second-order valence-corrected chi connectivity index (χ2v) is 4.78. The SMILES string of the molecule is Cc1cc(-c2ccccc2)c(C)c2ccccc12. The fourth-order valence-corrected chi connectivity index (χ4v) is 2.62. The molecule has 3 aromatic rings. The molecule has 0 aromatic heterocycles. The van der Waals surface area contributed by atoms with Gasteiger partial charge in [-0.2, -0.15) is 0 Å². The number of benzene rings is 3. The van der Waals surface area contributed by atoms with Gasteiger partial charge in [0.15, 0.2) is 0 Å². The first kappa shape index (κ1) is 11.0.